The first-order chi connectivity index (χ1) is 10.5. The summed E-state index contributed by atoms with van der Waals surface area (Å²) in [5, 5.41) is 12.5. The third kappa shape index (κ3) is 4.19. The molecule has 22 heavy (non-hydrogen) atoms. The Morgan fingerprint density at radius 3 is 2.59 bits per heavy atom. The van der Waals surface area contributed by atoms with Gasteiger partial charge in [-0.25, -0.2) is 4.98 Å². The molecule has 2 rings (SSSR count). The average molecular weight is 306 g/mol. The first-order valence-corrected chi connectivity index (χ1v) is 7.62. The topological polar surface area (TPSA) is 88.5 Å². The molecule has 0 spiro atoms. The molecule has 120 valence electrons. The highest BCUT2D eigenvalue weighted by Gasteiger charge is 2.26. The quantitative estimate of drug-likeness (QED) is 0.831. The van der Waals surface area contributed by atoms with Crippen molar-refractivity contribution in [3.05, 3.63) is 24.0 Å². The van der Waals surface area contributed by atoms with Crippen molar-refractivity contribution < 1.29 is 19.4 Å². The first-order valence-electron chi connectivity index (χ1n) is 7.62. The number of hydrogen-bond acceptors (Lipinski definition) is 5. The minimum Gasteiger partial charge on any atom is -0.505 e. The second-order valence-electron chi connectivity index (χ2n) is 5.91. The van der Waals surface area contributed by atoms with Crippen LogP contribution in [0.2, 0.25) is 0 Å². The lowest BCUT2D eigenvalue weighted by Crippen LogP contribution is -2.40. The fraction of sp³-hybridized carbons (Fsp3) is 0.562. The lowest BCUT2D eigenvalue weighted by Gasteiger charge is -2.29. The fourth-order valence-electron chi connectivity index (χ4n) is 2.45. The van der Waals surface area contributed by atoms with Crippen molar-refractivity contribution in [2.24, 2.45) is 5.92 Å². The van der Waals surface area contributed by atoms with E-state index in [4.69, 9.17) is 4.74 Å². The molecule has 0 aliphatic heterocycles. The predicted molar refractivity (Wildman–Crippen MR) is 80.3 cm³/mol. The molecule has 0 saturated heterocycles. The summed E-state index contributed by atoms with van der Waals surface area (Å²) in [6.07, 6.45) is 4.36. The van der Waals surface area contributed by atoms with Gasteiger partial charge in [-0.2, -0.15) is 0 Å². The maximum absolute atomic E-state index is 12.1. The summed E-state index contributed by atoms with van der Waals surface area (Å²) in [4.78, 5) is 27.5. The number of pyridine rings is 1. The van der Waals surface area contributed by atoms with Gasteiger partial charge < -0.3 is 15.2 Å². The molecule has 1 saturated carbocycles. The van der Waals surface area contributed by atoms with Gasteiger partial charge in [-0.15, -0.1) is 0 Å². The lowest BCUT2D eigenvalue weighted by molar-refractivity contribution is -0.154. The van der Waals surface area contributed by atoms with Gasteiger partial charge in [0.15, 0.2) is 5.69 Å². The van der Waals surface area contributed by atoms with Gasteiger partial charge in [0.05, 0.1) is 5.92 Å². The molecule has 0 bridgehead atoms. The molecule has 0 radical (unpaired) electrons. The highest BCUT2D eigenvalue weighted by Crippen LogP contribution is 2.23. The molecule has 6 nitrogen and oxygen atoms in total. The minimum absolute atomic E-state index is 0.0166. The number of nitrogens with one attached hydrogen (secondary N) is 1. The first kappa shape index (κ1) is 16.3. The molecule has 1 aromatic rings. The maximum atomic E-state index is 12.1. The molecule has 0 atom stereocenters. The van der Waals surface area contributed by atoms with Crippen LogP contribution in [-0.2, 0) is 9.53 Å². The van der Waals surface area contributed by atoms with Crippen LogP contribution in [0.5, 0.6) is 5.75 Å². The molecule has 1 aliphatic rings. The predicted octanol–water partition coefficient (Wildman–Crippen LogP) is 2.03. The number of aromatic nitrogens is 1. The summed E-state index contributed by atoms with van der Waals surface area (Å²) in [6, 6.07) is 3.02. The smallest absolute Gasteiger partial charge is 0.308 e. The zero-order valence-corrected chi connectivity index (χ0v) is 12.9. The van der Waals surface area contributed by atoms with Gasteiger partial charge in [0, 0.05) is 12.2 Å². The average Bonchev–Trinajstić information content (AvgIpc) is 2.49. The number of esters is 1. The van der Waals surface area contributed by atoms with Gasteiger partial charge in [-0.3, -0.25) is 9.59 Å². The zero-order chi connectivity index (χ0) is 16.1. The van der Waals surface area contributed by atoms with Crippen molar-refractivity contribution in [3.63, 3.8) is 0 Å². The van der Waals surface area contributed by atoms with E-state index in [-0.39, 0.29) is 41.4 Å². The Hall–Kier alpha value is -2.11. The van der Waals surface area contributed by atoms with Gasteiger partial charge in [-0.05, 0) is 37.8 Å². The van der Waals surface area contributed by atoms with Crippen LogP contribution >= 0.6 is 0 Å². The zero-order valence-electron chi connectivity index (χ0n) is 12.9. The highest BCUT2D eigenvalue weighted by atomic mass is 16.5. The summed E-state index contributed by atoms with van der Waals surface area (Å²) in [7, 11) is 0. The Balaban J connectivity index is 1.81. The number of carbonyl (C=O) groups excluding carboxylic acids is 2. The van der Waals surface area contributed by atoms with E-state index in [1.54, 1.807) is 6.07 Å². The Kier molecular flexibility index (Phi) is 5.35. The number of ether oxygens (including phenoxy) is 1. The molecular weight excluding hydrogens is 284 g/mol. The normalized spacial score (nSPS) is 21.4. The summed E-state index contributed by atoms with van der Waals surface area (Å²) < 4.78 is 5.41. The summed E-state index contributed by atoms with van der Waals surface area (Å²) >= 11 is 0. The summed E-state index contributed by atoms with van der Waals surface area (Å²) in [5.74, 6) is -0.796. The number of amides is 1. The molecule has 1 heterocycles. The van der Waals surface area contributed by atoms with E-state index >= 15 is 0 Å². The lowest BCUT2D eigenvalue weighted by atomic mass is 9.92. The van der Waals surface area contributed by atoms with Crippen LogP contribution in [0.25, 0.3) is 0 Å². The number of nitrogens with zero attached hydrogens (tertiary/aromatic N) is 1. The molecule has 1 amide bonds. The van der Waals surface area contributed by atoms with Crippen molar-refractivity contribution in [1.82, 2.24) is 10.3 Å². The van der Waals surface area contributed by atoms with Crippen molar-refractivity contribution >= 4 is 11.9 Å². The number of carbonyl (C=O) groups is 2. The Labute approximate surface area is 129 Å². The van der Waals surface area contributed by atoms with E-state index in [9.17, 15) is 14.7 Å². The number of rotatable bonds is 4. The largest absolute Gasteiger partial charge is 0.505 e. The third-order valence-corrected chi connectivity index (χ3v) is 3.77. The van der Waals surface area contributed by atoms with Crippen LogP contribution in [0.1, 0.15) is 50.0 Å². The van der Waals surface area contributed by atoms with Gasteiger partial charge in [-0.1, -0.05) is 13.8 Å². The van der Waals surface area contributed by atoms with Crippen molar-refractivity contribution in [1.29, 1.82) is 0 Å². The van der Waals surface area contributed by atoms with Crippen molar-refractivity contribution in [2.45, 2.75) is 51.7 Å². The van der Waals surface area contributed by atoms with Crippen LogP contribution in [0.15, 0.2) is 18.3 Å². The molecule has 0 aromatic carbocycles. The third-order valence-electron chi connectivity index (χ3n) is 3.77. The Morgan fingerprint density at radius 1 is 1.32 bits per heavy atom. The van der Waals surface area contributed by atoms with Crippen LogP contribution in [0, 0.1) is 5.92 Å². The van der Waals surface area contributed by atoms with E-state index in [1.165, 1.54) is 12.3 Å². The molecular formula is C16H22N2O4. The number of hydrogen-bond donors (Lipinski definition) is 2. The summed E-state index contributed by atoms with van der Waals surface area (Å²) in [6.45, 7) is 3.63. The van der Waals surface area contributed by atoms with Gasteiger partial charge in [0.1, 0.15) is 11.9 Å². The number of aromatic hydroxyl groups is 1. The van der Waals surface area contributed by atoms with Crippen LogP contribution in [-0.4, -0.2) is 34.1 Å². The SMILES string of the molecule is CC(C)C(=O)OC1CCC(NC(=O)c2ncccc2O)CC1. The monoisotopic (exact) mass is 306 g/mol. The molecule has 6 heteroatoms. The fourth-order valence-corrected chi connectivity index (χ4v) is 2.45. The second kappa shape index (κ2) is 7.24. The Bertz CT molecular complexity index is 537. The molecule has 1 aliphatic carbocycles. The highest BCUT2D eigenvalue weighted by molar-refractivity contribution is 5.94. The van der Waals surface area contributed by atoms with E-state index in [0.29, 0.717) is 0 Å². The van der Waals surface area contributed by atoms with E-state index in [2.05, 4.69) is 10.3 Å². The van der Waals surface area contributed by atoms with Crippen LogP contribution < -0.4 is 5.32 Å². The standard InChI is InChI=1S/C16H22N2O4/c1-10(2)16(21)22-12-7-5-11(6-8-12)18-15(20)14-13(19)4-3-9-17-14/h3-4,9-12,19H,5-8H2,1-2H3,(H,18,20). The summed E-state index contributed by atoms with van der Waals surface area (Å²) in [5.41, 5.74) is 0.0378. The Morgan fingerprint density at radius 2 is 2.00 bits per heavy atom. The van der Waals surface area contributed by atoms with Crippen LogP contribution in [0.4, 0.5) is 0 Å². The van der Waals surface area contributed by atoms with Crippen molar-refractivity contribution in [2.75, 3.05) is 0 Å². The second-order valence-corrected chi connectivity index (χ2v) is 5.91. The van der Waals surface area contributed by atoms with E-state index < -0.39 is 0 Å². The van der Waals surface area contributed by atoms with Gasteiger partial charge in [0.2, 0.25) is 0 Å². The van der Waals surface area contributed by atoms with Gasteiger partial charge >= 0.3 is 5.97 Å². The van der Waals surface area contributed by atoms with E-state index in [1.807, 2.05) is 13.8 Å². The molecule has 1 fully saturated rings. The minimum atomic E-state index is -0.374. The van der Waals surface area contributed by atoms with Crippen molar-refractivity contribution in [3.8, 4) is 5.75 Å². The molecule has 2 N–H and O–H groups in total. The molecule has 1 aromatic heterocycles. The van der Waals surface area contributed by atoms with Gasteiger partial charge in [0.25, 0.3) is 5.91 Å². The maximum Gasteiger partial charge on any atom is 0.308 e. The van der Waals surface area contributed by atoms with Crippen LogP contribution in [0.3, 0.4) is 0 Å². The van der Waals surface area contributed by atoms with E-state index in [0.717, 1.165) is 25.7 Å². The molecule has 0 unspecified atom stereocenters.